The summed E-state index contributed by atoms with van der Waals surface area (Å²) < 4.78 is 0. The van der Waals surface area contributed by atoms with Gasteiger partial charge in [0.1, 0.15) is 0 Å². The summed E-state index contributed by atoms with van der Waals surface area (Å²) in [5.74, 6) is -1.45. The normalized spacial score (nSPS) is 30.9. The second-order valence-electron chi connectivity index (χ2n) is 5.41. The van der Waals surface area contributed by atoms with E-state index < -0.39 is 17.3 Å². The second-order valence-corrected chi connectivity index (χ2v) is 5.41. The van der Waals surface area contributed by atoms with Crippen LogP contribution in [-0.4, -0.2) is 41.9 Å². The molecule has 0 amide bonds. The van der Waals surface area contributed by atoms with Crippen LogP contribution in [0.3, 0.4) is 0 Å². The summed E-state index contributed by atoms with van der Waals surface area (Å²) >= 11 is 0. The van der Waals surface area contributed by atoms with E-state index in [1.165, 1.54) is 0 Å². The molecule has 1 saturated heterocycles. The largest absolute Gasteiger partial charge is 0.481 e. The molecule has 4 heteroatoms. The van der Waals surface area contributed by atoms with Crippen LogP contribution >= 0.6 is 0 Å². The molecular formula is C14H15NO3. The lowest BCUT2D eigenvalue weighted by molar-refractivity contribution is -0.143. The van der Waals surface area contributed by atoms with E-state index in [0.29, 0.717) is 25.1 Å². The Morgan fingerprint density at radius 2 is 2.17 bits per heavy atom. The van der Waals surface area contributed by atoms with Gasteiger partial charge < -0.3 is 10.0 Å². The van der Waals surface area contributed by atoms with E-state index in [9.17, 15) is 14.7 Å². The first kappa shape index (κ1) is 11.4. The van der Waals surface area contributed by atoms with Crippen LogP contribution in [-0.2, 0) is 11.2 Å². The summed E-state index contributed by atoms with van der Waals surface area (Å²) in [6, 6.07) is 7.48. The first-order chi connectivity index (χ1) is 8.54. The van der Waals surface area contributed by atoms with Crippen molar-refractivity contribution in [2.24, 2.45) is 11.3 Å². The fraction of sp³-hybridized carbons (Fsp3) is 0.429. The maximum atomic E-state index is 12.6. The Labute approximate surface area is 105 Å². The van der Waals surface area contributed by atoms with Gasteiger partial charge in [0, 0.05) is 18.7 Å². The fourth-order valence-electron chi connectivity index (χ4n) is 3.45. The molecule has 1 aromatic rings. The van der Waals surface area contributed by atoms with Crippen molar-refractivity contribution in [2.75, 3.05) is 20.1 Å². The minimum absolute atomic E-state index is 0.00912. The lowest BCUT2D eigenvalue weighted by Crippen LogP contribution is -2.40. The Hall–Kier alpha value is -1.68. The van der Waals surface area contributed by atoms with E-state index in [0.717, 1.165) is 5.56 Å². The van der Waals surface area contributed by atoms with Crippen LogP contribution in [0.15, 0.2) is 24.3 Å². The predicted molar refractivity (Wildman–Crippen MR) is 65.5 cm³/mol. The molecule has 1 aromatic carbocycles. The SMILES string of the molecule is CN1C[C@H](C(=O)O)[C@@]2(Cc3ccccc3C2=O)C1. The number of carboxylic acid groups (broad SMARTS) is 1. The molecule has 4 nitrogen and oxygen atoms in total. The van der Waals surface area contributed by atoms with Crippen LogP contribution in [0.1, 0.15) is 15.9 Å². The van der Waals surface area contributed by atoms with E-state index in [2.05, 4.69) is 0 Å². The first-order valence-electron chi connectivity index (χ1n) is 6.09. The Bertz CT molecular complexity index is 540. The van der Waals surface area contributed by atoms with Crippen molar-refractivity contribution in [1.82, 2.24) is 4.90 Å². The molecule has 0 bridgehead atoms. The fourth-order valence-corrected chi connectivity index (χ4v) is 3.45. The van der Waals surface area contributed by atoms with Gasteiger partial charge in [-0.05, 0) is 19.0 Å². The number of aliphatic carboxylic acids is 1. The van der Waals surface area contributed by atoms with E-state index >= 15 is 0 Å². The first-order valence-corrected chi connectivity index (χ1v) is 6.09. The van der Waals surface area contributed by atoms with Gasteiger partial charge in [-0.1, -0.05) is 24.3 Å². The molecule has 2 aliphatic rings. The molecule has 1 spiro atoms. The molecule has 2 atom stereocenters. The van der Waals surface area contributed by atoms with Crippen molar-refractivity contribution >= 4 is 11.8 Å². The number of carbonyl (C=O) groups is 2. The molecule has 0 unspecified atom stereocenters. The average molecular weight is 245 g/mol. The third kappa shape index (κ3) is 1.35. The van der Waals surface area contributed by atoms with Crippen LogP contribution in [0.5, 0.6) is 0 Å². The molecule has 1 N–H and O–H groups in total. The van der Waals surface area contributed by atoms with Crippen molar-refractivity contribution < 1.29 is 14.7 Å². The minimum atomic E-state index is -0.861. The van der Waals surface area contributed by atoms with Crippen molar-refractivity contribution in [3.63, 3.8) is 0 Å². The van der Waals surface area contributed by atoms with Gasteiger partial charge in [-0.3, -0.25) is 9.59 Å². The van der Waals surface area contributed by atoms with Crippen LogP contribution in [0.2, 0.25) is 0 Å². The number of carboxylic acids is 1. The molecule has 1 fully saturated rings. The number of ketones is 1. The molecule has 0 radical (unpaired) electrons. The van der Waals surface area contributed by atoms with Crippen molar-refractivity contribution in [1.29, 1.82) is 0 Å². The Morgan fingerprint density at radius 3 is 2.83 bits per heavy atom. The molecule has 94 valence electrons. The quantitative estimate of drug-likeness (QED) is 0.803. The highest BCUT2D eigenvalue weighted by molar-refractivity contribution is 6.07. The molecular weight excluding hydrogens is 230 g/mol. The molecule has 0 aromatic heterocycles. The zero-order valence-electron chi connectivity index (χ0n) is 10.2. The molecule has 3 rings (SSSR count). The molecule has 1 heterocycles. The van der Waals surface area contributed by atoms with Gasteiger partial charge in [-0.25, -0.2) is 0 Å². The number of rotatable bonds is 1. The van der Waals surface area contributed by atoms with Crippen LogP contribution in [0.4, 0.5) is 0 Å². The smallest absolute Gasteiger partial charge is 0.308 e. The summed E-state index contributed by atoms with van der Waals surface area (Å²) in [5, 5.41) is 9.37. The monoisotopic (exact) mass is 245 g/mol. The molecule has 0 saturated carbocycles. The average Bonchev–Trinajstić information content (AvgIpc) is 2.80. The number of nitrogens with zero attached hydrogens (tertiary/aromatic N) is 1. The van der Waals surface area contributed by atoms with E-state index in [4.69, 9.17) is 0 Å². The second kappa shape index (κ2) is 3.65. The standard InChI is InChI=1S/C14H15NO3/c1-15-7-11(13(17)18)14(8-15)6-9-4-2-3-5-10(9)12(14)16/h2-5,11H,6-8H2,1H3,(H,17,18)/t11-,14-/m1/s1. The van der Waals surface area contributed by atoms with Crippen molar-refractivity contribution in [3.05, 3.63) is 35.4 Å². The summed E-state index contributed by atoms with van der Waals surface area (Å²) in [6.45, 7) is 0.993. The van der Waals surface area contributed by atoms with Gasteiger partial charge in [0.05, 0.1) is 11.3 Å². The highest BCUT2D eigenvalue weighted by Gasteiger charge is 2.57. The van der Waals surface area contributed by atoms with Gasteiger partial charge in [-0.2, -0.15) is 0 Å². The number of likely N-dealkylation sites (tertiary alicyclic amines) is 1. The van der Waals surface area contributed by atoms with Crippen LogP contribution < -0.4 is 0 Å². The van der Waals surface area contributed by atoms with Crippen LogP contribution in [0.25, 0.3) is 0 Å². The molecule has 1 aliphatic heterocycles. The Morgan fingerprint density at radius 1 is 1.44 bits per heavy atom. The lowest BCUT2D eigenvalue weighted by atomic mass is 9.74. The maximum Gasteiger partial charge on any atom is 0.308 e. The Balaban J connectivity index is 2.08. The molecule has 1 aliphatic carbocycles. The zero-order valence-corrected chi connectivity index (χ0v) is 10.2. The number of fused-ring (bicyclic) bond motifs is 1. The van der Waals surface area contributed by atoms with Gasteiger partial charge in [0.2, 0.25) is 0 Å². The number of carbonyl (C=O) groups excluding carboxylic acids is 1. The third-order valence-corrected chi connectivity index (χ3v) is 4.23. The minimum Gasteiger partial charge on any atom is -0.481 e. The molecule has 18 heavy (non-hydrogen) atoms. The van der Waals surface area contributed by atoms with E-state index in [1.807, 2.05) is 36.2 Å². The van der Waals surface area contributed by atoms with E-state index in [-0.39, 0.29) is 5.78 Å². The topological polar surface area (TPSA) is 57.6 Å². The maximum absolute atomic E-state index is 12.6. The third-order valence-electron chi connectivity index (χ3n) is 4.23. The van der Waals surface area contributed by atoms with Crippen LogP contribution in [0, 0.1) is 11.3 Å². The van der Waals surface area contributed by atoms with Gasteiger partial charge >= 0.3 is 5.97 Å². The highest BCUT2D eigenvalue weighted by Crippen LogP contribution is 2.46. The van der Waals surface area contributed by atoms with Crippen molar-refractivity contribution in [3.8, 4) is 0 Å². The van der Waals surface area contributed by atoms with Crippen molar-refractivity contribution in [2.45, 2.75) is 6.42 Å². The lowest BCUT2D eigenvalue weighted by Gasteiger charge is -2.25. The van der Waals surface area contributed by atoms with E-state index in [1.54, 1.807) is 0 Å². The van der Waals surface area contributed by atoms with Gasteiger partial charge in [0.25, 0.3) is 0 Å². The van der Waals surface area contributed by atoms with Gasteiger partial charge in [0.15, 0.2) is 5.78 Å². The summed E-state index contributed by atoms with van der Waals surface area (Å²) in [7, 11) is 1.88. The number of benzene rings is 1. The van der Waals surface area contributed by atoms with Gasteiger partial charge in [-0.15, -0.1) is 0 Å². The predicted octanol–water partition coefficient (Wildman–Crippen LogP) is 1.06. The number of hydrogen-bond donors (Lipinski definition) is 1. The Kier molecular flexibility index (Phi) is 2.32. The number of hydrogen-bond acceptors (Lipinski definition) is 3. The number of Topliss-reactive ketones (excluding diaryl/α,β-unsaturated/α-hetero) is 1. The highest BCUT2D eigenvalue weighted by atomic mass is 16.4. The summed E-state index contributed by atoms with van der Waals surface area (Å²) in [5.41, 5.74) is 0.952. The zero-order chi connectivity index (χ0) is 12.9. The summed E-state index contributed by atoms with van der Waals surface area (Å²) in [6.07, 6.45) is 0.559. The summed E-state index contributed by atoms with van der Waals surface area (Å²) in [4.78, 5) is 26.0.